The molecule has 0 saturated carbocycles. The number of fused-ring (bicyclic) bond motifs is 1. The van der Waals surface area contributed by atoms with Crippen molar-refractivity contribution >= 4 is 39.5 Å². The van der Waals surface area contributed by atoms with Gasteiger partial charge in [-0.2, -0.15) is 9.61 Å². The van der Waals surface area contributed by atoms with Crippen LogP contribution in [0, 0.1) is 0 Å². The van der Waals surface area contributed by atoms with E-state index in [2.05, 4.69) is 20.3 Å². The van der Waals surface area contributed by atoms with Crippen LogP contribution >= 0.6 is 34.5 Å². The van der Waals surface area contributed by atoms with Gasteiger partial charge in [-0.1, -0.05) is 34.5 Å². The van der Waals surface area contributed by atoms with Crippen molar-refractivity contribution < 1.29 is 4.74 Å². The SMILES string of the molecule is Clc1ccc(OCc2nn3c(-c4ccncc4)nnc3s2)c(Cl)c1. The zero-order chi connectivity index (χ0) is 16.5. The van der Waals surface area contributed by atoms with Gasteiger partial charge in [0.05, 0.1) is 5.02 Å². The number of ether oxygens (including phenoxy) is 1. The Morgan fingerprint density at radius 3 is 2.71 bits per heavy atom. The Bertz CT molecular complexity index is 1000. The van der Waals surface area contributed by atoms with E-state index in [0.717, 1.165) is 10.6 Å². The lowest BCUT2D eigenvalue weighted by molar-refractivity contribution is 0.304. The predicted octanol–water partition coefficient (Wildman–Crippen LogP) is 4.13. The first kappa shape index (κ1) is 15.3. The number of pyridine rings is 1. The van der Waals surface area contributed by atoms with E-state index in [1.165, 1.54) is 11.3 Å². The van der Waals surface area contributed by atoms with E-state index in [9.17, 15) is 0 Å². The highest BCUT2D eigenvalue weighted by atomic mass is 35.5. The van der Waals surface area contributed by atoms with Crippen LogP contribution in [-0.4, -0.2) is 24.8 Å². The molecule has 0 aliphatic heterocycles. The van der Waals surface area contributed by atoms with Crippen LogP contribution < -0.4 is 4.74 Å². The van der Waals surface area contributed by atoms with Crippen LogP contribution in [0.25, 0.3) is 16.3 Å². The zero-order valence-electron chi connectivity index (χ0n) is 12.1. The smallest absolute Gasteiger partial charge is 0.235 e. The molecule has 3 aromatic heterocycles. The lowest BCUT2D eigenvalue weighted by atomic mass is 10.2. The third kappa shape index (κ3) is 2.93. The quantitative estimate of drug-likeness (QED) is 0.534. The first-order valence-corrected chi connectivity index (χ1v) is 8.47. The Kier molecular flexibility index (Phi) is 4.05. The van der Waals surface area contributed by atoms with E-state index in [-0.39, 0.29) is 6.61 Å². The fourth-order valence-electron chi connectivity index (χ4n) is 2.13. The van der Waals surface area contributed by atoms with Crippen molar-refractivity contribution in [3.63, 3.8) is 0 Å². The average Bonchev–Trinajstić information content (AvgIpc) is 3.15. The molecule has 0 N–H and O–H groups in total. The highest BCUT2D eigenvalue weighted by Gasteiger charge is 2.14. The maximum Gasteiger partial charge on any atom is 0.235 e. The summed E-state index contributed by atoms with van der Waals surface area (Å²) >= 11 is 13.4. The maximum atomic E-state index is 6.10. The van der Waals surface area contributed by atoms with Crippen LogP contribution in [0.5, 0.6) is 5.75 Å². The number of aromatic nitrogens is 5. The molecule has 1 aromatic carbocycles. The Morgan fingerprint density at radius 1 is 1.08 bits per heavy atom. The fourth-order valence-corrected chi connectivity index (χ4v) is 3.34. The molecule has 9 heteroatoms. The molecular weight excluding hydrogens is 369 g/mol. The molecule has 0 aliphatic carbocycles. The minimum absolute atomic E-state index is 0.283. The second kappa shape index (κ2) is 6.35. The van der Waals surface area contributed by atoms with Crippen LogP contribution in [0.2, 0.25) is 10.0 Å². The van der Waals surface area contributed by atoms with Crippen molar-refractivity contribution in [2.75, 3.05) is 0 Å². The van der Waals surface area contributed by atoms with E-state index >= 15 is 0 Å². The first-order valence-electron chi connectivity index (χ1n) is 6.90. The second-order valence-corrected chi connectivity index (χ2v) is 6.70. The largest absolute Gasteiger partial charge is 0.485 e. The second-order valence-electron chi connectivity index (χ2n) is 4.81. The van der Waals surface area contributed by atoms with Gasteiger partial charge in [0.2, 0.25) is 4.96 Å². The normalized spacial score (nSPS) is 11.1. The molecule has 0 radical (unpaired) electrons. The Labute approximate surface area is 150 Å². The molecule has 24 heavy (non-hydrogen) atoms. The molecule has 0 aliphatic rings. The van der Waals surface area contributed by atoms with Crippen LogP contribution in [0.3, 0.4) is 0 Å². The lowest BCUT2D eigenvalue weighted by Crippen LogP contribution is -1.98. The van der Waals surface area contributed by atoms with Gasteiger partial charge in [-0.3, -0.25) is 4.98 Å². The molecule has 0 amide bonds. The van der Waals surface area contributed by atoms with Gasteiger partial charge in [0, 0.05) is 23.0 Å². The average molecular weight is 378 g/mol. The fraction of sp³-hybridized carbons (Fsp3) is 0.0667. The molecule has 0 unspecified atom stereocenters. The van der Waals surface area contributed by atoms with Crippen molar-refractivity contribution in [2.45, 2.75) is 6.61 Å². The van der Waals surface area contributed by atoms with Gasteiger partial charge in [-0.25, -0.2) is 0 Å². The molecule has 0 fully saturated rings. The summed E-state index contributed by atoms with van der Waals surface area (Å²) in [5, 5.41) is 14.6. The summed E-state index contributed by atoms with van der Waals surface area (Å²) in [5.41, 5.74) is 0.899. The van der Waals surface area contributed by atoms with Gasteiger partial charge in [0.15, 0.2) is 10.8 Å². The summed E-state index contributed by atoms with van der Waals surface area (Å²) in [5.74, 6) is 1.22. The van der Waals surface area contributed by atoms with Crippen molar-refractivity contribution in [3.05, 3.63) is 57.8 Å². The molecule has 0 atom stereocenters. The number of hydrogen-bond donors (Lipinski definition) is 0. The number of halogens is 2. The lowest BCUT2D eigenvalue weighted by Gasteiger charge is -2.05. The molecular formula is C15H9Cl2N5OS. The Morgan fingerprint density at radius 2 is 1.92 bits per heavy atom. The minimum atomic E-state index is 0.283. The van der Waals surface area contributed by atoms with Crippen molar-refractivity contribution in [1.82, 2.24) is 24.8 Å². The molecule has 3 heterocycles. The van der Waals surface area contributed by atoms with Gasteiger partial charge in [0.1, 0.15) is 12.4 Å². The molecule has 120 valence electrons. The van der Waals surface area contributed by atoms with E-state index < -0.39 is 0 Å². The molecule has 4 aromatic rings. The summed E-state index contributed by atoms with van der Waals surface area (Å²) in [7, 11) is 0. The Balaban J connectivity index is 1.59. The zero-order valence-corrected chi connectivity index (χ0v) is 14.4. The molecule has 4 rings (SSSR count). The van der Waals surface area contributed by atoms with Gasteiger partial charge in [0.25, 0.3) is 0 Å². The maximum absolute atomic E-state index is 6.10. The van der Waals surface area contributed by atoms with Crippen LogP contribution in [-0.2, 0) is 6.61 Å². The molecule has 0 bridgehead atoms. The number of rotatable bonds is 4. The summed E-state index contributed by atoms with van der Waals surface area (Å²) < 4.78 is 7.40. The molecule has 0 spiro atoms. The third-order valence-corrected chi connectivity index (χ3v) is 4.62. The molecule has 0 saturated heterocycles. The van der Waals surface area contributed by atoms with Crippen molar-refractivity contribution in [2.24, 2.45) is 0 Å². The minimum Gasteiger partial charge on any atom is -0.485 e. The van der Waals surface area contributed by atoms with Crippen LogP contribution in [0.4, 0.5) is 0 Å². The number of hydrogen-bond acceptors (Lipinski definition) is 6. The summed E-state index contributed by atoms with van der Waals surface area (Å²) in [6, 6.07) is 8.81. The predicted molar refractivity (Wildman–Crippen MR) is 92.7 cm³/mol. The topological polar surface area (TPSA) is 65.2 Å². The van der Waals surface area contributed by atoms with Gasteiger partial charge < -0.3 is 4.74 Å². The summed E-state index contributed by atoms with van der Waals surface area (Å²) in [6.45, 7) is 0.283. The first-order chi connectivity index (χ1) is 11.7. The van der Waals surface area contributed by atoms with Crippen LogP contribution in [0.1, 0.15) is 5.01 Å². The van der Waals surface area contributed by atoms with E-state index in [4.69, 9.17) is 27.9 Å². The standard InChI is InChI=1S/C15H9Cl2N5OS/c16-10-1-2-12(11(17)7-10)23-8-13-21-22-14(19-20-15(22)24-13)9-3-5-18-6-4-9/h1-7H,8H2. The van der Waals surface area contributed by atoms with E-state index in [0.29, 0.717) is 26.6 Å². The highest BCUT2D eigenvalue weighted by molar-refractivity contribution is 7.16. The number of nitrogens with zero attached hydrogens (tertiary/aromatic N) is 5. The highest BCUT2D eigenvalue weighted by Crippen LogP contribution is 2.29. The monoisotopic (exact) mass is 377 g/mol. The van der Waals surface area contributed by atoms with Gasteiger partial charge in [-0.15, -0.1) is 10.2 Å². The van der Waals surface area contributed by atoms with Gasteiger partial charge >= 0.3 is 0 Å². The van der Waals surface area contributed by atoms with Gasteiger partial charge in [-0.05, 0) is 30.3 Å². The third-order valence-electron chi connectivity index (χ3n) is 3.22. The van der Waals surface area contributed by atoms with Crippen molar-refractivity contribution in [3.8, 4) is 17.1 Å². The van der Waals surface area contributed by atoms with Crippen molar-refractivity contribution in [1.29, 1.82) is 0 Å². The summed E-state index contributed by atoms with van der Waals surface area (Å²) in [6.07, 6.45) is 3.41. The Hall–Kier alpha value is -2.22. The number of benzene rings is 1. The van der Waals surface area contributed by atoms with E-state index in [1.54, 1.807) is 35.1 Å². The summed E-state index contributed by atoms with van der Waals surface area (Å²) in [4.78, 5) is 4.70. The van der Waals surface area contributed by atoms with E-state index in [1.807, 2.05) is 12.1 Å². The van der Waals surface area contributed by atoms with Crippen LogP contribution in [0.15, 0.2) is 42.7 Å². The molecule has 6 nitrogen and oxygen atoms in total.